The van der Waals surface area contributed by atoms with Crippen LogP contribution in [0, 0.1) is 6.92 Å². The summed E-state index contributed by atoms with van der Waals surface area (Å²) in [7, 11) is -4.18. The van der Waals surface area contributed by atoms with Crippen LogP contribution in [0.5, 0.6) is 0 Å². The van der Waals surface area contributed by atoms with E-state index in [2.05, 4.69) is 0 Å². The number of benzene rings is 1. The highest BCUT2D eigenvalue weighted by Crippen LogP contribution is 2.12. The summed E-state index contributed by atoms with van der Waals surface area (Å²) < 4.78 is 22.1. The van der Waals surface area contributed by atoms with Gasteiger partial charge in [0.2, 0.25) is 0 Å². The zero-order valence-corrected chi connectivity index (χ0v) is 7.71. The molecule has 1 aromatic carbocycles. The van der Waals surface area contributed by atoms with E-state index in [1.807, 2.05) is 0 Å². The Morgan fingerprint density at radius 3 is 2.08 bits per heavy atom. The third kappa shape index (κ3) is 1.86. The molecule has 0 aliphatic heterocycles. The molecule has 0 heterocycles. The summed E-state index contributed by atoms with van der Waals surface area (Å²) in [5.41, 5.74) is 0.879. The standard InChI is InChI=1S/C8H8O4S/c1-6-2-4-7(5-3-6)13(11,12)8(9)10/h2-5H,1H3,(H,9,10). The van der Waals surface area contributed by atoms with Crippen LogP contribution in [0.4, 0.5) is 4.79 Å². The van der Waals surface area contributed by atoms with Crippen molar-refractivity contribution in [1.29, 1.82) is 0 Å². The summed E-state index contributed by atoms with van der Waals surface area (Å²) in [6, 6.07) is 5.66. The van der Waals surface area contributed by atoms with Crippen LogP contribution in [-0.2, 0) is 9.84 Å². The molecular formula is C8H8O4S. The summed E-state index contributed by atoms with van der Waals surface area (Å²) >= 11 is 0. The maximum Gasteiger partial charge on any atom is 0.427 e. The van der Waals surface area contributed by atoms with Crippen molar-refractivity contribution in [2.75, 3.05) is 0 Å². The molecule has 0 radical (unpaired) electrons. The average Bonchev–Trinajstić information content (AvgIpc) is 2.04. The van der Waals surface area contributed by atoms with E-state index in [1.165, 1.54) is 12.1 Å². The van der Waals surface area contributed by atoms with Crippen molar-refractivity contribution in [2.24, 2.45) is 0 Å². The molecule has 0 bridgehead atoms. The van der Waals surface area contributed by atoms with E-state index in [1.54, 1.807) is 19.1 Å². The van der Waals surface area contributed by atoms with Crippen molar-refractivity contribution in [3.8, 4) is 0 Å². The molecule has 0 atom stereocenters. The Balaban J connectivity index is 3.25. The van der Waals surface area contributed by atoms with Crippen LogP contribution in [0.1, 0.15) is 5.56 Å². The van der Waals surface area contributed by atoms with Crippen LogP contribution in [0.2, 0.25) is 0 Å². The molecule has 0 spiro atoms. The van der Waals surface area contributed by atoms with Gasteiger partial charge in [-0.3, -0.25) is 0 Å². The second-order valence-corrected chi connectivity index (χ2v) is 4.41. The van der Waals surface area contributed by atoms with E-state index in [0.29, 0.717) is 0 Å². The normalized spacial score (nSPS) is 11.2. The molecule has 0 unspecified atom stereocenters. The number of sulfone groups is 1. The van der Waals surface area contributed by atoms with Gasteiger partial charge >= 0.3 is 5.30 Å². The molecule has 0 aromatic heterocycles. The molecule has 1 rings (SSSR count). The summed E-state index contributed by atoms with van der Waals surface area (Å²) in [6.07, 6.45) is 0. The molecule has 70 valence electrons. The highest BCUT2D eigenvalue weighted by Gasteiger charge is 2.22. The molecule has 13 heavy (non-hydrogen) atoms. The molecule has 0 saturated carbocycles. The lowest BCUT2D eigenvalue weighted by molar-refractivity contribution is 0.219. The Bertz CT molecular complexity index is 416. The van der Waals surface area contributed by atoms with Gasteiger partial charge in [0.1, 0.15) is 0 Å². The zero-order chi connectivity index (χ0) is 10.1. The quantitative estimate of drug-likeness (QED) is 0.744. The SMILES string of the molecule is Cc1ccc(S(=O)(=O)C(=O)O)cc1. The van der Waals surface area contributed by atoms with Crippen LogP contribution < -0.4 is 0 Å². The largest absolute Gasteiger partial charge is 0.469 e. The topological polar surface area (TPSA) is 71.4 Å². The molecule has 4 nitrogen and oxygen atoms in total. The number of hydrogen-bond donors (Lipinski definition) is 1. The second-order valence-electron chi connectivity index (χ2n) is 2.58. The van der Waals surface area contributed by atoms with Gasteiger partial charge in [0.25, 0.3) is 9.84 Å². The first-order valence-corrected chi connectivity index (χ1v) is 4.97. The van der Waals surface area contributed by atoms with Crippen molar-refractivity contribution in [3.05, 3.63) is 29.8 Å². The first-order chi connectivity index (χ1) is 5.94. The van der Waals surface area contributed by atoms with Gasteiger partial charge in [-0.25, -0.2) is 13.2 Å². The fraction of sp³-hybridized carbons (Fsp3) is 0.125. The van der Waals surface area contributed by atoms with Crippen molar-refractivity contribution < 1.29 is 18.3 Å². The average molecular weight is 200 g/mol. The fourth-order valence-corrected chi connectivity index (χ4v) is 1.51. The van der Waals surface area contributed by atoms with Crippen molar-refractivity contribution in [1.82, 2.24) is 0 Å². The Kier molecular flexibility index (Phi) is 2.38. The van der Waals surface area contributed by atoms with Crippen LogP contribution in [0.15, 0.2) is 29.2 Å². The van der Waals surface area contributed by atoms with E-state index >= 15 is 0 Å². The predicted octanol–water partition coefficient (Wildman–Crippen LogP) is 1.45. The maximum absolute atomic E-state index is 11.0. The fourth-order valence-electron chi connectivity index (χ4n) is 0.818. The van der Waals surface area contributed by atoms with E-state index in [0.717, 1.165) is 5.56 Å². The third-order valence-electron chi connectivity index (χ3n) is 1.56. The molecule has 0 fully saturated rings. The monoisotopic (exact) mass is 200 g/mol. The van der Waals surface area contributed by atoms with Crippen molar-refractivity contribution in [3.63, 3.8) is 0 Å². The zero-order valence-electron chi connectivity index (χ0n) is 6.89. The van der Waals surface area contributed by atoms with E-state index in [4.69, 9.17) is 5.11 Å². The first-order valence-electron chi connectivity index (χ1n) is 3.49. The maximum atomic E-state index is 11.0. The summed E-state index contributed by atoms with van der Waals surface area (Å²) in [5, 5.41) is 6.55. The Morgan fingerprint density at radius 1 is 1.23 bits per heavy atom. The summed E-state index contributed by atoms with van der Waals surface area (Å²) in [5.74, 6) is 0. The summed E-state index contributed by atoms with van der Waals surface area (Å²) in [6.45, 7) is 1.79. The van der Waals surface area contributed by atoms with Gasteiger partial charge in [-0.2, -0.15) is 0 Å². The highest BCUT2D eigenvalue weighted by molar-refractivity contribution is 8.05. The highest BCUT2D eigenvalue weighted by atomic mass is 32.2. The molecule has 5 heteroatoms. The number of carboxylic acid groups (broad SMARTS) is 1. The number of carbonyl (C=O) groups is 1. The molecule has 0 aliphatic carbocycles. The van der Waals surface area contributed by atoms with Gasteiger partial charge in [0, 0.05) is 0 Å². The van der Waals surface area contributed by atoms with Crippen LogP contribution >= 0.6 is 0 Å². The number of rotatable bonds is 1. The molecule has 0 aliphatic rings. The van der Waals surface area contributed by atoms with Gasteiger partial charge in [-0.1, -0.05) is 17.7 Å². The van der Waals surface area contributed by atoms with Gasteiger partial charge in [-0.05, 0) is 19.1 Å². The van der Waals surface area contributed by atoms with Crippen LogP contribution in [0.25, 0.3) is 0 Å². The van der Waals surface area contributed by atoms with Gasteiger partial charge in [0.05, 0.1) is 4.90 Å². The number of hydrogen-bond acceptors (Lipinski definition) is 3. The van der Waals surface area contributed by atoms with Crippen molar-refractivity contribution in [2.45, 2.75) is 11.8 Å². The Labute approximate surface area is 75.7 Å². The smallest absolute Gasteiger partial charge is 0.427 e. The Hall–Kier alpha value is -1.36. The minimum Gasteiger partial charge on any atom is -0.469 e. The lowest BCUT2D eigenvalue weighted by Crippen LogP contribution is -2.11. The lowest BCUT2D eigenvalue weighted by Gasteiger charge is -1.98. The molecule has 1 aromatic rings. The van der Waals surface area contributed by atoms with E-state index in [-0.39, 0.29) is 4.90 Å². The Morgan fingerprint density at radius 2 is 1.69 bits per heavy atom. The van der Waals surface area contributed by atoms with E-state index < -0.39 is 15.1 Å². The second kappa shape index (κ2) is 3.18. The van der Waals surface area contributed by atoms with Crippen LogP contribution in [0.3, 0.4) is 0 Å². The molecule has 0 saturated heterocycles. The predicted molar refractivity (Wildman–Crippen MR) is 46.4 cm³/mol. The lowest BCUT2D eigenvalue weighted by atomic mass is 10.2. The first kappa shape index (κ1) is 9.73. The van der Waals surface area contributed by atoms with Crippen LogP contribution in [-0.4, -0.2) is 18.8 Å². The van der Waals surface area contributed by atoms with Crippen molar-refractivity contribution >= 4 is 15.1 Å². The van der Waals surface area contributed by atoms with Gasteiger partial charge in [0.15, 0.2) is 0 Å². The third-order valence-corrected chi connectivity index (χ3v) is 2.91. The van der Waals surface area contributed by atoms with Gasteiger partial charge in [-0.15, -0.1) is 0 Å². The van der Waals surface area contributed by atoms with E-state index in [9.17, 15) is 13.2 Å². The molecular weight excluding hydrogens is 192 g/mol. The summed E-state index contributed by atoms with van der Waals surface area (Å²) in [4.78, 5) is 10.1. The van der Waals surface area contributed by atoms with Gasteiger partial charge < -0.3 is 5.11 Å². The minimum absolute atomic E-state index is 0.189. The number of aryl methyl sites for hydroxylation is 1. The molecule has 0 amide bonds. The molecule has 1 N–H and O–H groups in total. The minimum atomic E-state index is -4.18.